The fraction of sp³-hybridized carbons (Fsp3) is 0. The molecule has 0 aliphatic rings. The number of hydrogen-bond donors (Lipinski definition) is 0. The Balaban J connectivity index is 1.33. The summed E-state index contributed by atoms with van der Waals surface area (Å²) < 4.78 is 1.27. The zero-order valence-electron chi connectivity index (χ0n) is 25.3. The summed E-state index contributed by atoms with van der Waals surface area (Å²) in [5.41, 5.74) is 6.30. The number of aromatic nitrogens is 3. The third-order valence-electron chi connectivity index (χ3n) is 8.68. The molecule has 0 aliphatic carbocycles. The first-order valence-corrected chi connectivity index (χ1v) is 16.5. The smallest absolute Gasteiger partial charge is 0.164 e. The van der Waals surface area contributed by atoms with E-state index >= 15 is 0 Å². The highest BCUT2D eigenvalue weighted by Gasteiger charge is 2.17. The van der Waals surface area contributed by atoms with Gasteiger partial charge in [-0.1, -0.05) is 127 Å². The molecule has 9 aromatic rings. The van der Waals surface area contributed by atoms with Crippen LogP contribution in [0.2, 0.25) is 0 Å². The zero-order valence-corrected chi connectivity index (χ0v) is 26.2. The molecule has 0 saturated carbocycles. The van der Waals surface area contributed by atoms with Gasteiger partial charge in [0.1, 0.15) is 0 Å². The molecule has 0 atom stereocenters. The number of hydrogen-bond acceptors (Lipinski definition) is 4. The Kier molecular flexibility index (Phi) is 6.65. The Hall–Kier alpha value is -5.97. The lowest BCUT2D eigenvalue weighted by atomic mass is 9.91. The molecule has 0 aliphatic heterocycles. The molecule has 2 heterocycles. The van der Waals surface area contributed by atoms with E-state index in [1.165, 1.54) is 42.1 Å². The van der Waals surface area contributed by atoms with Crippen LogP contribution in [0.1, 0.15) is 0 Å². The molecule has 220 valence electrons. The van der Waals surface area contributed by atoms with Crippen LogP contribution in [0.25, 0.3) is 87.4 Å². The number of benzene rings is 7. The van der Waals surface area contributed by atoms with E-state index in [4.69, 9.17) is 15.0 Å². The number of nitrogens with zero attached hydrogens (tertiary/aromatic N) is 3. The van der Waals surface area contributed by atoms with Crippen molar-refractivity contribution in [1.29, 1.82) is 0 Å². The normalized spacial score (nSPS) is 11.4. The van der Waals surface area contributed by atoms with Crippen molar-refractivity contribution in [3.63, 3.8) is 0 Å². The minimum Gasteiger partial charge on any atom is -0.208 e. The molecule has 4 heteroatoms. The van der Waals surface area contributed by atoms with Gasteiger partial charge in [0.2, 0.25) is 0 Å². The number of thiophene rings is 1. The van der Waals surface area contributed by atoms with Gasteiger partial charge in [0.05, 0.1) is 0 Å². The topological polar surface area (TPSA) is 38.7 Å². The fourth-order valence-corrected chi connectivity index (χ4v) is 7.46. The van der Waals surface area contributed by atoms with Gasteiger partial charge in [-0.2, -0.15) is 0 Å². The van der Waals surface area contributed by atoms with E-state index in [2.05, 4.69) is 103 Å². The van der Waals surface area contributed by atoms with E-state index < -0.39 is 0 Å². The summed E-state index contributed by atoms with van der Waals surface area (Å²) in [5.74, 6) is 1.95. The minimum atomic E-state index is 0.645. The fourth-order valence-electron chi connectivity index (χ4n) is 6.41. The summed E-state index contributed by atoms with van der Waals surface area (Å²) in [6.07, 6.45) is 0. The van der Waals surface area contributed by atoms with Crippen molar-refractivity contribution >= 4 is 43.0 Å². The molecule has 0 radical (unpaired) electrons. The highest BCUT2D eigenvalue weighted by molar-refractivity contribution is 7.22. The Morgan fingerprint density at radius 1 is 0.340 bits per heavy atom. The lowest BCUT2D eigenvalue weighted by Crippen LogP contribution is -2.00. The third kappa shape index (κ3) is 5.05. The molecule has 0 saturated heterocycles. The average molecular weight is 618 g/mol. The van der Waals surface area contributed by atoms with Gasteiger partial charge in [-0.25, -0.2) is 15.0 Å². The molecule has 0 amide bonds. The molecule has 0 unspecified atom stereocenters. The van der Waals surface area contributed by atoms with Crippen LogP contribution in [0.15, 0.2) is 164 Å². The van der Waals surface area contributed by atoms with Crippen molar-refractivity contribution in [3.05, 3.63) is 164 Å². The average Bonchev–Trinajstić information content (AvgIpc) is 3.60. The highest BCUT2D eigenvalue weighted by atomic mass is 32.1. The largest absolute Gasteiger partial charge is 0.208 e. The number of rotatable bonds is 5. The maximum atomic E-state index is 5.11. The van der Waals surface area contributed by atoms with Crippen molar-refractivity contribution in [3.8, 4) is 55.7 Å². The summed E-state index contributed by atoms with van der Waals surface area (Å²) in [5, 5.41) is 6.18. The molecular formula is C43H27N3S. The van der Waals surface area contributed by atoms with Crippen LogP contribution in [0.3, 0.4) is 0 Å². The summed E-state index contributed by atoms with van der Waals surface area (Å²) in [4.78, 5) is 16.4. The third-order valence-corrected chi connectivity index (χ3v) is 9.84. The first-order chi connectivity index (χ1) is 23.3. The summed E-state index contributed by atoms with van der Waals surface area (Å²) >= 11 is 1.81. The second kappa shape index (κ2) is 11.4. The van der Waals surface area contributed by atoms with Gasteiger partial charge >= 0.3 is 0 Å². The zero-order chi connectivity index (χ0) is 31.2. The second-order valence-electron chi connectivity index (χ2n) is 11.7. The molecule has 9 rings (SSSR count). The van der Waals surface area contributed by atoms with Crippen molar-refractivity contribution in [2.75, 3.05) is 0 Å². The van der Waals surface area contributed by atoms with E-state index in [-0.39, 0.29) is 0 Å². The Morgan fingerprint density at radius 2 is 0.851 bits per heavy atom. The van der Waals surface area contributed by atoms with Crippen molar-refractivity contribution < 1.29 is 0 Å². The second-order valence-corrected chi connectivity index (χ2v) is 12.8. The van der Waals surface area contributed by atoms with Gasteiger partial charge in [-0.05, 0) is 80.0 Å². The van der Waals surface area contributed by atoms with Gasteiger partial charge in [0, 0.05) is 26.3 Å². The minimum absolute atomic E-state index is 0.645. The van der Waals surface area contributed by atoms with Gasteiger partial charge in [0.15, 0.2) is 17.5 Å². The van der Waals surface area contributed by atoms with Gasteiger partial charge < -0.3 is 0 Å². The van der Waals surface area contributed by atoms with Crippen molar-refractivity contribution in [2.45, 2.75) is 0 Å². The van der Waals surface area contributed by atoms with Crippen LogP contribution in [0.5, 0.6) is 0 Å². The molecule has 0 bridgehead atoms. The van der Waals surface area contributed by atoms with Crippen molar-refractivity contribution in [1.82, 2.24) is 15.0 Å². The Labute approximate surface area is 276 Å². The lowest BCUT2D eigenvalue weighted by Gasteiger charge is -2.14. The van der Waals surface area contributed by atoms with Crippen LogP contribution in [0.4, 0.5) is 0 Å². The molecule has 47 heavy (non-hydrogen) atoms. The lowest BCUT2D eigenvalue weighted by molar-refractivity contribution is 1.07. The predicted octanol–water partition coefficient (Wildman–Crippen LogP) is 11.7. The predicted molar refractivity (Wildman–Crippen MR) is 197 cm³/mol. The number of fused-ring (bicyclic) bond motifs is 4. The van der Waals surface area contributed by atoms with Crippen LogP contribution < -0.4 is 0 Å². The van der Waals surface area contributed by atoms with Gasteiger partial charge in [-0.3, -0.25) is 0 Å². The SMILES string of the molecule is c1ccc(-c2nc(-c3ccccc3)nc(-c3cc(-c4cc5ccccc5s4)cc(-c4cc5ccccc5c5ccccc45)c3)n2)cc1. The van der Waals surface area contributed by atoms with Crippen molar-refractivity contribution in [2.24, 2.45) is 0 Å². The quantitative estimate of drug-likeness (QED) is 0.180. The standard InChI is InChI=1S/C43H27N3S/c1-3-13-28(14-4-1)41-44-42(29-15-5-2-6-16-29)46-43(45-41)34-24-32(23-33(25-34)40-27-31-18-8-12-22-39(31)47-40)38-26-30-17-7-9-19-35(30)36-20-10-11-21-37(36)38/h1-27H. The first kappa shape index (κ1) is 27.3. The molecule has 7 aromatic carbocycles. The Bertz CT molecular complexity index is 2480. The summed E-state index contributed by atoms with van der Waals surface area (Å²) in [7, 11) is 0. The van der Waals surface area contributed by atoms with E-state index in [0.29, 0.717) is 17.5 Å². The van der Waals surface area contributed by atoms with Crippen LogP contribution in [-0.2, 0) is 0 Å². The van der Waals surface area contributed by atoms with Crippen LogP contribution in [0, 0.1) is 0 Å². The molecule has 0 fully saturated rings. The van der Waals surface area contributed by atoms with Crippen LogP contribution in [-0.4, -0.2) is 15.0 Å². The molecule has 0 spiro atoms. The molecular weight excluding hydrogens is 591 g/mol. The Morgan fingerprint density at radius 3 is 1.53 bits per heavy atom. The van der Waals surface area contributed by atoms with Gasteiger partial charge in [-0.15, -0.1) is 11.3 Å². The van der Waals surface area contributed by atoms with Gasteiger partial charge in [0.25, 0.3) is 0 Å². The monoisotopic (exact) mass is 617 g/mol. The maximum absolute atomic E-state index is 5.11. The maximum Gasteiger partial charge on any atom is 0.164 e. The van der Waals surface area contributed by atoms with Crippen LogP contribution >= 0.6 is 11.3 Å². The van der Waals surface area contributed by atoms with E-state index in [1.54, 1.807) is 0 Å². The summed E-state index contributed by atoms with van der Waals surface area (Å²) in [6.45, 7) is 0. The highest BCUT2D eigenvalue weighted by Crippen LogP contribution is 2.41. The first-order valence-electron chi connectivity index (χ1n) is 15.7. The van der Waals surface area contributed by atoms with E-state index in [0.717, 1.165) is 27.8 Å². The van der Waals surface area contributed by atoms with E-state index in [1.807, 2.05) is 72.0 Å². The molecule has 2 aromatic heterocycles. The summed E-state index contributed by atoms with van der Waals surface area (Å²) in [6, 6.07) is 57.6. The molecule has 0 N–H and O–H groups in total. The molecule has 3 nitrogen and oxygen atoms in total. The van der Waals surface area contributed by atoms with E-state index in [9.17, 15) is 0 Å².